The molecule has 4 rings (SSSR count). The number of nitrogens with zero attached hydrogens (tertiary/aromatic N) is 4. The number of carbonyl (C=O) groups is 2. The number of ether oxygens (including phenoxy) is 1. The van der Waals surface area contributed by atoms with E-state index in [4.69, 9.17) is 4.74 Å². The number of aromatic nitrogens is 3. The molecule has 8 nitrogen and oxygen atoms in total. The monoisotopic (exact) mass is 385 g/mol. The van der Waals surface area contributed by atoms with E-state index in [1.807, 2.05) is 28.8 Å². The third-order valence-corrected chi connectivity index (χ3v) is 5.59. The molecule has 140 valence electrons. The molecular formula is C18H19N5O3S. The lowest BCUT2D eigenvalue weighted by molar-refractivity contribution is 0.0607. The molecule has 0 spiro atoms. The molecule has 1 fully saturated rings. The first-order valence-electron chi connectivity index (χ1n) is 8.68. The van der Waals surface area contributed by atoms with Crippen LogP contribution in [0.2, 0.25) is 0 Å². The Kier molecular flexibility index (Phi) is 4.76. The number of fused-ring (bicyclic) bond motifs is 1. The molecule has 3 aromatic heterocycles. The van der Waals surface area contributed by atoms with E-state index in [0.717, 1.165) is 24.3 Å². The summed E-state index contributed by atoms with van der Waals surface area (Å²) in [5, 5.41) is 13.1. The number of likely N-dealkylation sites (tertiary alicyclic amines) is 1. The smallest absolute Gasteiger partial charge is 0.350 e. The number of rotatable bonds is 3. The minimum Gasteiger partial charge on any atom is -0.465 e. The van der Waals surface area contributed by atoms with E-state index in [9.17, 15) is 9.59 Å². The van der Waals surface area contributed by atoms with Crippen LogP contribution in [0.4, 0.5) is 10.5 Å². The van der Waals surface area contributed by atoms with Crippen LogP contribution in [0.25, 0.3) is 5.65 Å². The molecule has 1 aliphatic heterocycles. The van der Waals surface area contributed by atoms with Gasteiger partial charge in [-0.2, -0.15) is 0 Å². The van der Waals surface area contributed by atoms with Gasteiger partial charge in [0.2, 0.25) is 0 Å². The van der Waals surface area contributed by atoms with E-state index in [1.165, 1.54) is 18.4 Å². The van der Waals surface area contributed by atoms with E-state index >= 15 is 0 Å². The first kappa shape index (κ1) is 17.5. The highest BCUT2D eigenvalue weighted by Crippen LogP contribution is 2.28. The Morgan fingerprint density at radius 1 is 1.30 bits per heavy atom. The van der Waals surface area contributed by atoms with Gasteiger partial charge in [0.15, 0.2) is 5.65 Å². The largest absolute Gasteiger partial charge is 0.465 e. The highest BCUT2D eigenvalue weighted by Gasteiger charge is 2.28. The second kappa shape index (κ2) is 7.36. The Labute approximate surface area is 159 Å². The van der Waals surface area contributed by atoms with E-state index in [0.29, 0.717) is 23.7 Å². The van der Waals surface area contributed by atoms with Gasteiger partial charge >= 0.3 is 12.0 Å². The first-order valence-corrected chi connectivity index (χ1v) is 9.56. The third-order valence-electron chi connectivity index (χ3n) is 4.69. The van der Waals surface area contributed by atoms with Crippen molar-refractivity contribution in [3.63, 3.8) is 0 Å². The summed E-state index contributed by atoms with van der Waals surface area (Å²) in [6, 6.07) is 7.26. The standard InChI is InChI=1S/C18H19N5O3S/c1-26-17(24)15-13(7-10-27-15)19-18(25)22-8-4-5-12(11-22)16-21-20-14-6-2-3-9-23(14)16/h2-3,6-7,9-10,12H,4-5,8,11H2,1H3,(H,19,25). The number of carbonyl (C=O) groups excluding carboxylic acids is 2. The molecule has 3 aromatic rings. The zero-order valence-electron chi connectivity index (χ0n) is 14.8. The molecule has 4 heterocycles. The van der Waals surface area contributed by atoms with Crippen LogP contribution < -0.4 is 5.32 Å². The van der Waals surface area contributed by atoms with Gasteiger partial charge < -0.3 is 15.0 Å². The first-order chi connectivity index (χ1) is 13.2. The van der Waals surface area contributed by atoms with Crippen LogP contribution in [0.15, 0.2) is 35.8 Å². The summed E-state index contributed by atoms with van der Waals surface area (Å²) >= 11 is 1.24. The second-order valence-electron chi connectivity index (χ2n) is 6.36. The van der Waals surface area contributed by atoms with Crippen LogP contribution >= 0.6 is 11.3 Å². The van der Waals surface area contributed by atoms with Crippen LogP contribution in [-0.2, 0) is 4.74 Å². The predicted molar refractivity (Wildman–Crippen MR) is 101 cm³/mol. The minimum atomic E-state index is -0.452. The van der Waals surface area contributed by atoms with Gasteiger partial charge in [0.05, 0.1) is 12.8 Å². The summed E-state index contributed by atoms with van der Waals surface area (Å²) in [7, 11) is 1.33. The van der Waals surface area contributed by atoms with Gasteiger partial charge in [-0.25, -0.2) is 9.59 Å². The van der Waals surface area contributed by atoms with Crippen molar-refractivity contribution in [3.05, 3.63) is 46.5 Å². The Bertz CT molecular complexity index is 982. The number of methoxy groups -OCH3 is 1. The summed E-state index contributed by atoms with van der Waals surface area (Å²) in [5.41, 5.74) is 1.28. The van der Waals surface area contributed by atoms with Crippen LogP contribution in [0, 0.1) is 0 Å². The fourth-order valence-corrected chi connectivity index (χ4v) is 4.13. The number of urea groups is 1. The lowest BCUT2D eigenvalue weighted by atomic mass is 9.97. The highest BCUT2D eigenvalue weighted by atomic mass is 32.1. The van der Waals surface area contributed by atoms with Gasteiger partial charge in [-0.3, -0.25) is 4.40 Å². The summed E-state index contributed by atoms with van der Waals surface area (Å²) in [4.78, 5) is 26.7. The maximum Gasteiger partial charge on any atom is 0.350 e. The molecule has 0 bridgehead atoms. The van der Waals surface area contributed by atoms with Gasteiger partial charge in [-0.15, -0.1) is 21.5 Å². The van der Waals surface area contributed by atoms with E-state index in [1.54, 1.807) is 16.3 Å². The Morgan fingerprint density at radius 3 is 3.04 bits per heavy atom. The van der Waals surface area contributed by atoms with Crippen LogP contribution in [-0.4, -0.2) is 51.7 Å². The van der Waals surface area contributed by atoms with Crippen molar-refractivity contribution in [2.75, 3.05) is 25.5 Å². The fourth-order valence-electron chi connectivity index (χ4n) is 3.36. The van der Waals surface area contributed by atoms with Crippen molar-refractivity contribution in [3.8, 4) is 0 Å². The molecule has 1 N–H and O–H groups in total. The van der Waals surface area contributed by atoms with Crippen molar-refractivity contribution in [2.45, 2.75) is 18.8 Å². The van der Waals surface area contributed by atoms with Crippen LogP contribution in [0.3, 0.4) is 0 Å². The number of hydrogen-bond acceptors (Lipinski definition) is 6. The third kappa shape index (κ3) is 3.37. The molecule has 1 saturated heterocycles. The van der Waals surface area contributed by atoms with Gasteiger partial charge in [-0.1, -0.05) is 6.07 Å². The normalized spacial score (nSPS) is 17.1. The average molecular weight is 385 g/mol. The summed E-state index contributed by atoms with van der Waals surface area (Å²) in [6.45, 7) is 1.22. The maximum atomic E-state index is 12.7. The van der Waals surface area contributed by atoms with E-state index in [2.05, 4.69) is 15.5 Å². The van der Waals surface area contributed by atoms with E-state index in [-0.39, 0.29) is 11.9 Å². The predicted octanol–water partition coefficient (Wildman–Crippen LogP) is 2.99. The molecular weight excluding hydrogens is 366 g/mol. The number of nitrogens with one attached hydrogen (secondary N) is 1. The molecule has 0 aromatic carbocycles. The number of pyridine rings is 1. The second-order valence-corrected chi connectivity index (χ2v) is 7.27. The number of esters is 1. The van der Waals surface area contributed by atoms with Crippen molar-refractivity contribution in [1.82, 2.24) is 19.5 Å². The lowest BCUT2D eigenvalue weighted by Gasteiger charge is -2.32. The van der Waals surface area contributed by atoms with Crippen LogP contribution in [0.5, 0.6) is 0 Å². The van der Waals surface area contributed by atoms with Crippen molar-refractivity contribution < 1.29 is 14.3 Å². The van der Waals surface area contributed by atoms with Crippen molar-refractivity contribution in [1.29, 1.82) is 0 Å². The van der Waals surface area contributed by atoms with Gasteiger partial charge in [-0.05, 0) is 36.4 Å². The molecule has 0 saturated carbocycles. The number of amides is 2. The Hall–Kier alpha value is -2.94. The molecule has 0 aliphatic carbocycles. The topological polar surface area (TPSA) is 88.8 Å². The molecule has 0 radical (unpaired) electrons. The van der Waals surface area contributed by atoms with Crippen molar-refractivity contribution >= 4 is 34.7 Å². The molecule has 1 atom stereocenters. The number of hydrogen-bond donors (Lipinski definition) is 1. The van der Waals surface area contributed by atoms with Crippen molar-refractivity contribution in [2.24, 2.45) is 0 Å². The molecule has 2 amide bonds. The fraction of sp³-hybridized carbons (Fsp3) is 0.333. The minimum absolute atomic E-state index is 0.115. The van der Waals surface area contributed by atoms with E-state index < -0.39 is 5.97 Å². The van der Waals surface area contributed by atoms with Gasteiger partial charge in [0, 0.05) is 25.2 Å². The summed E-state index contributed by atoms with van der Waals surface area (Å²) in [6.07, 6.45) is 3.77. The van der Waals surface area contributed by atoms with Gasteiger partial charge in [0.25, 0.3) is 0 Å². The molecule has 1 unspecified atom stereocenters. The lowest BCUT2D eigenvalue weighted by Crippen LogP contribution is -2.42. The zero-order chi connectivity index (χ0) is 18.8. The zero-order valence-corrected chi connectivity index (χ0v) is 15.6. The number of piperidine rings is 1. The Balaban J connectivity index is 1.49. The maximum absolute atomic E-state index is 12.7. The average Bonchev–Trinajstić information content (AvgIpc) is 3.34. The quantitative estimate of drug-likeness (QED) is 0.700. The summed E-state index contributed by atoms with van der Waals surface area (Å²) in [5.74, 6) is 0.532. The molecule has 27 heavy (non-hydrogen) atoms. The summed E-state index contributed by atoms with van der Waals surface area (Å²) < 4.78 is 6.73. The van der Waals surface area contributed by atoms with Crippen LogP contribution in [0.1, 0.15) is 34.3 Å². The number of thiophene rings is 1. The number of anilines is 1. The van der Waals surface area contributed by atoms with Gasteiger partial charge in [0.1, 0.15) is 10.7 Å². The highest BCUT2D eigenvalue weighted by molar-refractivity contribution is 7.12. The molecule has 1 aliphatic rings. The molecule has 9 heteroatoms. The Morgan fingerprint density at radius 2 is 2.19 bits per heavy atom. The SMILES string of the molecule is COC(=O)c1sccc1NC(=O)N1CCCC(c2nnc3ccccn23)C1.